The monoisotopic (exact) mass is 373 g/mol. The van der Waals surface area contributed by atoms with Crippen LogP contribution in [0.15, 0.2) is 42.6 Å². The molecule has 1 atom stereocenters. The molecule has 0 unspecified atom stereocenters. The first kappa shape index (κ1) is 18.4. The van der Waals surface area contributed by atoms with E-state index in [4.69, 9.17) is 14.2 Å². The maximum atomic E-state index is 12.5. The summed E-state index contributed by atoms with van der Waals surface area (Å²) in [5, 5.41) is 11.0. The van der Waals surface area contributed by atoms with Crippen LogP contribution in [0.25, 0.3) is 0 Å². The Hall–Kier alpha value is -3.36. The molecule has 0 saturated carbocycles. The molecule has 0 saturated heterocycles. The Morgan fingerprint density at radius 2 is 2.11 bits per heavy atom. The van der Waals surface area contributed by atoms with Crippen LogP contribution in [0.1, 0.15) is 6.92 Å². The fourth-order valence-corrected chi connectivity index (χ4v) is 2.67. The molecule has 142 valence electrons. The molecule has 3 rings (SSSR count). The number of hydrogen-bond acceptors (Lipinski definition) is 7. The third-order valence-electron chi connectivity index (χ3n) is 4.00. The summed E-state index contributed by atoms with van der Waals surface area (Å²) in [4.78, 5) is 28.0. The second-order valence-corrected chi connectivity index (χ2v) is 5.80. The number of para-hydroxylation sites is 2. The van der Waals surface area contributed by atoms with Crippen LogP contribution in [0.2, 0.25) is 0 Å². The van der Waals surface area contributed by atoms with E-state index in [0.29, 0.717) is 31.2 Å². The molecule has 0 fully saturated rings. The van der Waals surface area contributed by atoms with Crippen LogP contribution < -0.4 is 14.2 Å². The standard InChI is InChI=1S/C18H19N3O6/c1-2-20(10-13-11-25-14-6-3-4-7-15(14)27-13)17(22)12-26-16-8-5-9-19-18(16)21(23)24/h3-9,13H,2,10-12H2,1H3/t13-/m1/s1. The second kappa shape index (κ2) is 8.35. The van der Waals surface area contributed by atoms with Gasteiger partial charge in [0.25, 0.3) is 5.91 Å². The summed E-state index contributed by atoms with van der Waals surface area (Å²) in [5.41, 5.74) is 0. The van der Waals surface area contributed by atoms with Gasteiger partial charge in [-0.15, -0.1) is 0 Å². The molecule has 9 heteroatoms. The Kier molecular flexibility index (Phi) is 5.70. The van der Waals surface area contributed by atoms with Gasteiger partial charge in [0.2, 0.25) is 5.75 Å². The number of amides is 1. The van der Waals surface area contributed by atoms with Crippen LogP contribution in [0.5, 0.6) is 17.2 Å². The predicted octanol–water partition coefficient (Wildman–Crippen LogP) is 2.06. The molecule has 0 bridgehead atoms. The Bertz CT molecular complexity index is 828. The van der Waals surface area contributed by atoms with E-state index in [9.17, 15) is 14.9 Å². The quantitative estimate of drug-likeness (QED) is 0.540. The van der Waals surface area contributed by atoms with Crippen molar-refractivity contribution in [2.75, 3.05) is 26.3 Å². The number of aromatic nitrogens is 1. The number of ether oxygens (including phenoxy) is 3. The second-order valence-electron chi connectivity index (χ2n) is 5.80. The van der Waals surface area contributed by atoms with Crippen LogP contribution in [0.4, 0.5) is 5.82 Å². The molecule has 27 heavy (non-hydrogen) atoms. The maximum absolute atomic E-state index is 12.5. The van der Waals surface area contributed by atoms with Crippen molar-refractivity contribution in [3.05, 3.63) is 52.7 Å². The van der Waals surface area contributed by atoms with Gasteiger partial charge in [0.05, 0.1) is 6.54 Å². The van der Waals surface area contributed by atoms with E-state index in [-0.39, 0.29) is 24.4 Å². The van der Waals surface area contributed by atoms with Crippen LogP contribution >= 0.6 is 0 Å². The Labute approximate surface area is 155 Å². The summed E-state index contributed by atoms with van der Waals surface area (Å²) < 4.78 is 16.8. The fourth-order valence-electron chi connectivity index (χ4n) is 2.67. The largest absolute Gasteiger partial charge is 0.486 e. The number of fused-ring (bicyclic) bond motifs is 1. The topological polar surface area (TPSA) is 104 Å². The molecule has 2 heterocycles. The summed E-state index contributed by atoms with van der Waals surface area (Å²) >= 11 is 0. The summed E-state index contributed by atoms with van der Waals surface area (Å²) in [6.45, 7) is 2.60. The molecule has 0 N–H and O–H groups in total. The third kappa shape index (κ3) is 4.43. The van der Waals surface area contributed by atoms with Gasteiger partial charge < -0.3 is 29.2 Å². The number of carbonyl (C=O) groups is 1. The van der Waals surface area contributed by atoms with Crippen molar-refractivity contribution >= 4 is 11.7 Å². The lowest BCUT2D eigenvalue weighted by atomic mass is 10.2. The highest BCUT2D eigenvalue weighted by Gasteiger charge is 2.25. The molecule has 1 amide bonds. The molecule has 2 aromatic rings. The Morgan fingerprint density at radius 3 is 2.85 bits per heavy atom. The van der Waals surface area contributed by atoms with Crippen molar-refractivity contribution in [1.29, 1.82) is 0 Å². The van der Waals surface area contributed by atoms with Crippen LogP contribution in [-0.2, 0) is 4.79 Å². The van der Waals surface area contributed by atoms with E-state index in [1.54, 1.807) is 4.90 Å². The number of nitrogens with zero attached hydrogens (tertiary/aromatic N) is 3. The van der Waals surface area contributed by atoms with Gasteiger partial charge in [-0.3, -0.25) is 4.79 Å². The number of carbonyl (C=O) groups excluding carboxylic acids is 1. The number of rotatable bonds is 7. The zero-order valence-corrected chi connectivity index (χ0v) is 14.7. The summed E-state index contributed by atoms with van der Waals surface area (Å²) in [5.74, 6) is 0.542. The Balaban J connectivity index is 1.58. The lowest BCUT2D eigenvalue weighted by molar-refractivity contribution is -0.390. The maximum Gasteiger partial charge on any atom is 0.406 e. The van der Waals surface area contributed by atoms with Crippen molar-refractivity contribution in [3.8, 4) is 17.2 Å². The van der Waals surface area contributed by atoms with Gasteiger partial charge in [0.15, 0.2) is 24.2 Å². The third-order valence-corrected chi connectivity index (χ3v) is 4.00. The molecule has 1 aromatic carbocycles. The molecular formula is C18H19N3O6. The number of likely N-dealkylation sites (N-methyl/N-ethyl adjacent to an activating group) is 1. The van der Waals surface area contributed by atoms with Gasteiger partial charge in [-0.25, -0.2) is 0 Å². The van der Waals surface area contributed by atoms with Crippen molar-refractivity contribution < 1.29 is 23.9 Å². The number of nitro groups is 1. The molecule has 0 aliphatic carbocycles. The zero-order valence-electron chi connectivity index (χ0n) is 14.7. The fraction of sp³-hybridized carbons (Fsp3) is 0.333. The summed E-state index contributed by atoms with van der Waals surface area (Å²) in [6.07, 6.45) is 0.986. The molecule has 1 aliphatic heterocycles. The average Bonchev–Trinajstić information content (AvgIpc) is 2.70. The first-order chi connectivity index (χ1) is 13.1. The van der Waals surface area contributed by atoms with Crippen LogP contribution in [0, 0.1) is 10.1 Å². The first-order valence-corrected chi connectivity index (χ1v) is 8.47. The molecule has 1 aliphatic rings. The SMILES string of the molecule is CCN(C[C@@H]1COc2ccccc2O1)C(=O)COc1cccnc1[N+](=O)[O-]. The zero-order chi connectivity index (χ0) is 19.2. The molecule has 0 spiro atoms. The average molecular weight is 373 g/mol. The van der Waals surface area contributed by atoms with Gasteiger partial charge in [-0.05, 0) is 41.1 Å². The number of pyridine rings is 1. The molecular weight excluding hydrogens is 354 g/mol. The van der Waals surface area contributed by atoms with Crippen molar-refractivity contribution in [2.24, 2.45) is 0 Å². The highest BCUT2D eigenvalue weighted by Crippen LogP contribution is 2.31. The highest BCUT2D eigenvalue weighted by molar-refractivity contribution is 5.78. The van der Waals surface area contributed by atoms with E-state index in [1.165, 1.54) is 18.3 Å². The minimum Gasteiger partial charge on any atom is -0.486 e. The van der Waals surface area contributed by atoms with E-state index in [2.05, 4.69) is 4.98 Å². The summed E-state index contributed by atoms with van der Waals surface area (Å²) in [7, 11) is 0. The minimum atomic E-state index is -0.651. The normalized spacial score (nSPS) is 15.1. The lowest BCUT2D eigenvalue weighted by Gasteiger charge is -2.30. The minimum absolute atomic E-state index is 0.0434. The Morgan fingerprint density at radius 1 is 1.33 bits per heavy atom. The molecule has 0 radical (unpaired) electrons. The van der Waals surface area contributed by atoms with Gasteiger partial charge in [0.1, 0.15) is 12.8 Å². The van der Waals surface area contributed by atoms with Gasteiger partial charge in [-0.2, -0.15) is 0 Å². The van der Waals surface area contributed by atoms with Crippen LogP contribution in [-0.4, -0.2) is 53.1 Å². The van der Waals surface area contributed by atoms with Crippen molar-refractivity contribution in [1.82, 2.24) is 9.88 Å². The lowest BCUT2D eigenvalue weighted by Crippen LogP contribution is -2.45. The van der Waals surface area contributed by atoms with E-state index < -0.39 is 10.7 Å². The van der Waals surface area contributed by atoms with Gasteiger partial charge in [-0.1, -0.05) is 12.1 Å². The van der Waals surface area contributed by atoms with E-state index in [0.717, 1.165) is 0 Å². The van der Waals surface area contributed by atoms with Crippen LogP contribution in [0.3, 0.4) is 0 Å². The first-order valence-electron chi connectivity index (χ1n) is 8.47. The van der Waals surface area contributed by atoms with Crippen molar-refractivity contribution in [3.63, 3.8) is 0 Å². The number of hydrogen-bond donors (Lipinski definition) is 0. The van der Waals surface area contributed by atoms with Crippen molar-refractivity contribution in [2.45, 2.75) is 13.0 Å². The number of benzene rings is 1. The van der Waals surface area contributed by atoms with Gasteiger partial charge in [0, 0.05) is 6.54 Å². The van der Waals surface area contributed by atoms with E-state index >= 15 is 0 Å². The highest BCUT2D eigenvalue weighted by atomic mass is 16.6. The van der Waals surface area contributed by atoms with Gasteiger partial charge >= 0.3 is 5.82 Å². The summed E-state index contributed by atoms with van der Waals surface area (Å²) in [6, 6.07) is 10.3. The van der Waals surface area contributed by atoms with E-state index in [1.807, 2.05) is 31.2 Å². The molecule has 1 aromatic heterocycles. The molecule has 9 nitrogen and oxygen atoms in total. The predicted molar refractivity (Wildman–Crippen MR) is 95.0 cm³/mol. The smallest absolute Gasteiger partial charge is 0.406 e.